The van der Waals surface area contributed by atoms with Gasteiger partial charge in [-0.1, -0.05) is 50.6 Å². The summed E-state index contributed by atoms with van der Waals surface area (Å²) < 4.78 is 1.82. The van der Waals surface area contributed by atoms with Crippen LogP contribution in [0, 0.1) is 5.92 Å². The molecule has 1 aromatic heterocycles. The first kappa shape index (κ1) is 12.8. The van der Waals surface area contributed by atoms with Crippen molar-refractivity contribution in [1.29, 1.82) is 0 Å². The third-order valence-corrected chi connectivity index (χ3v) is 3.42. The minimum absolute atomic E-state index is 0.300. The van der Waals surface area contributed by atoms with Gasteiger partial charge in [-0.15, -0.1) is 0 Å². The molecule has 3 nitrogen and oxygen atoms in total. The second-order valence-electron chi connectivity index (χ2n) is 4.77. The lowest BCUT2D eigenvalue weighted by molar-refractivity contribution is 0.0929. The van der Waals surface area contributed by atoms with Gasteiger partial charge >= 0.3 is 0 Å². The third-order valence-electron chi connectivity index (χ3n) is 3.42. The predicted molar refractivity (Wildman–Crippen MR) is 73.1 cm³/mol. The molecule has 0 bridgehead atoms. The molecule has 0 spiro atoms. The van der Waals surface area contributed by atoms with Gasteiger partial charge in [0, 0.05) is 11.8 Å². The van der Waals surface area contributed by atoms with Crippen LogP contribution in [0.2, 0.25) is 0 Å². The fourth-order valence-electron chi connectivity index (χ4n) is 1.89. The van der Waals surface area contributed by atoms with E-state index in [0.717, 1.165) is 17.5 Å². The number of hydrogen-bond donors (Lipinski definition) is 1. The maximum atomic E-state index is 9.99. The Bertz CT molecular complexity index is 478. The predicted octanol–water partition coefficient (Wildman–Crippen LogP) is 2.96. The highest BCUT2D eigenvalue weighted by Crippen LogP contribution is 2.18. The first-order chi connectivity index (χ1) is 8.70. The van der Waals surface area contributed by atoms with Crippen molar-refractivity contribution in [3.63, 3.8) is 0 Å². The van der Waals surface area contributed by atoms with Crippen molar-refractivity contribution in [2.45, 2.75) is 32.9 Å². The summed E-state index contributed by atoms with van der Waals surface area (Å²) >= 11 is 0. The zero-order valence-electron chi connectivity index (χ0n) is 11.0. The molecule has 0 fully saturated rings. The van der Waals surface area contributed by atoms with E-state index in [1.165, 1.54) is 0 Å². The van der Waals surface area contributed by atoms with Crippen molar-refractivity contribution < 1.29 is 5.11 Å². The van der Waals surface area contributed by atoms with E-state index >= 15 is 0 Å². The van der Waals surface area contributed by atoms with E-state index in [4.69, 9.17) is 0 Å². The average Bonchev–Trinajstić information content (AvgIpc) is 2.87. The second-order valence-corrected chi connectivity index (χ2v) is 4.77. The van der Waals surface area contributed by atoms with Crippen LogP contribution in [0.25, 0.3) is 11.1 Å². The maximum absolute atomic E-state index is 9.99. The molecular weight excluding hydrogens is 224 g/mol. The molecule has 2 unspecified atom stereocenters. The minimum Gasteiger partial charge on any atom is -0.391 e. The number of hydrogen-bond acceptors (Lipinski definition) is 2. The SMILES string of the molecule is CCC(C)C(O)Cn1cc(-c2ccccc2)cn1. The van der Waals surface area contributed by atoms with E-state index in [0.29, 0.717) is 12.5 Å². The van der Waals surface area contributed by atoms with Crippen LogP contribution in [0.5, 0.6) is 0 Å². The van der Waals surface area contributed by atoms with Gasteiger partial charge in [0.25, 0.3) is 0 Å². The summed E-state index contributed by atoms with van der Waals surface area (Å²) in [4.78, 5) is 0. The summed E-state index contributed by atoms with van der Waals surface area (Å²) in [5, 5.41) is 14.3. The number of nitrogens with zero attached hydrogens (tertiary/aromatic N) is 2. The van der Waals surface area contributed by atoms with Crippen LogP contribution in [0.3, 0.4) is 0 Å². The molecule has 0 aliphatic carbocycles. The van der Waals surface area contributed by atoms with Crippen LogP contribution in [0.4, 0.5) is 0 Å². The summed E-state index contributed by atoms with van der Waals surface area (Å²) in [7, 11) is 0. The Morgan fingerprint density at radius 1 is 1.22 bits per heavy atom. The third kappa shape index (κ3) is 2.99. The molecule has 3 heteroatoms. The highest BCUT2D eigenvalue weighted by molar-refractivity contribution is 5.61. The van der Waals surface area contributed by atoms with E-state index in [2.05, 4.69) is 31.1 Å². The highest BCUT2D eigenvalue weighted by atomic mass is 16.3. The molecule has 0 saturated heterocycles. The number of aromatic nitrogens is 2. The van der Waals surface area contributed by atoms with Gasteiger partial charge < -0.3 is 5.11 Å². The lowest BCUT2D eigenvalue weighted by Crippen LogP contribution is -2.23. The first-order valence-electron chi connectivity index (χ1n) is 6.46. The van der Waals surface area contributed by atoms with Gasteiger partial charge in [-0.2, -0.15) is 5.10 Å². The van der Waals surface area contributed by atoms with Gasteiger partial charge in [-0.3, -0.25) is 4.68 Å². The Balaban J connectivity index is 2.07. The van der Waals surface area contributed by atoms with Gasteiger partial charge in [0.1, 0.15) is 0 Å². The average molecular weight is 244 g/mol. The molecule has 1 N–H and O–H groups in total. The van der Waals surface area contributed by atoms with Gasteiger partial charge in [-0.25, -0.2) is 0 Å². The molecule has 2 aromatic rings. The van der Waals surface area contributed by atoms with E-state index in [1.54, 1.807) is 0 Å². The van der Waals surface area contributed by atoms with Gasteiger partial charge in [0.2, 0.25) is 0 Å². The highest BCUT2D eigenvalue weighted by Gasteiger charge is 2.13. The first-order valence-corrected chi connectivity index (χ1v) is 6.46. The molecular formula is C15H20N2O. The molecule has 96 valence electrons. The molecule has 2 atom stereocenters. The molecule has 0 saturated carbocycles. The van der Waals surface area contributed by atoms with Crippen molar-refractivity contribution in [2.24, 2.45) is 5.92 Å². The summed E-state index contributed by atoms with van der Waals surface area (Å²) in [6.45, 7) is 4.71. The quantitative estimate of drug-likeness (QED) is 0.878. The Kier molecular flexibility index (Phi) is 4.15. The molecule has 0 radical (unpaired) electrons. The second kappa shape index (κ2) is 5.83. The topological polar surface area (TPSA) is 38.0 Å². The fraction of sp³-hybridized carbons (Fsp3) is 0.400. The largest absolute Gasteiger partial charge is 0.391 e. The maximum Gasteiger partial charge on any atom is 0.0761 e. The van der Waals surface area contributed by atoms with Crippen molar-refractivity contribution >= 4 is 0 Å². The number of rotatable bonds is 5. The van der Waals surface area contributed by atoms with E-state index < -0.39 is 0 Å². The van der Waals surface area contributed by atoms with Crippen LogP contribution in [-0.4, -0.2) is 21.0 Å². The van der Waals surface area contributed by atoms with Crippen molar-refractivity contribution in [3.05, 3.63) is 42.7 Å². The van der Waals surface area contributed by atoms with Crippen molar-refractivity contribution in [1.82, 2.24) is 9.78 Å². The number of aliphatic hydroxyl groups excluding tert-OH is 1. The summed E-state index contributed by atoms with van der Waals surface area (Å²) in [5.41, 5.74) is 2.24. The molecule has 0 amide bonds. The van der Waals surface area contributed by atoms with Crippen molar-refractivity contribution in [3.8, 4) is 11.1 Å². The molecule has 0 aliphatic rings. The number of benzene rings is 1. The molecule has 18 heavy (non-hydrogen) atoms. The summed E-state index contributed by atoms with van der Waals surface area (Å²) in [6, 6.07) is 10.2. The van der Waals surface area contributed by atoms with Crippen LogP contribution in [0.15, 0.2) is 42.7 Å². The molecule has 1 heterocycles. The Hall–Kier alpha value is -1.61. The van der Waals surface area contributed by atoms with Gasteiger partial charge in [0.05, 0.1) is 18.8 Å². The Morgan fingerprint density at radius 2 is 1.94 bits per heavy atom. The van der Waals surface area contributed by atoms with Gasteiger partial charge in [0.15, 0.2) is 0 Å². The lowest BCUT2D eigenvalue weighted by atomic mass is 10.0. The van der Waals surface area contributed by atoms with Crippen LogP contribution in [0.1, 0.15) is 20.3 Å². The number of aliphatic hydroxyl groups is 1. The van der Waals surface area contributed by atoms with E-state index in [1.807, 2.05) is 35.3 Å². The Labute approximate surface area is 108 Å². The zero-order chi connectivity index (χ0) is 13.0. The van der Waals surface area contributed by atoms with Crippen LogP contribution in [-0.2, 0) is 6.54 Å². The fourth-order valence-corrected chi connectivity index (χ4v) is 1.89. The zero-order valence-corrected chi connectivity index (χ0v) is 11.0. The molecule has 2 rings (SSSR count). The summed E-state index contributed by atoms with van der Waals surface area (Å²) in [5.74, 6) is 0.300. The molecule has 1 aromatic carbocycles. The summed E-state index contributed by atoms with van der Waals surface area (Å²) in [6.07, 6.45) is 4.48. The Morgan fingerprint density at radius 3 is 2.61 bits per heavy atom. The normalized spacial score (nSPS) is 14.4. The van der Waals surface area contributed by atoms with E-state index in [-0.39, 0.29) is 6.10 Å². The standard InChI is InChI=1S/C15H20N2O/c1-3-12(2)15(18)11-17-10-14(9-16-17)13-7-5-4-6-8-13/h4-10,12,15,18H,3,11H2,1-2H3. The van der Waals surface area contributed by atoms with E-state index in [9.17, 15) is 5.11 Å². The minimum atomic E-state index is -0.335. The van der Waals surface area contributed by atoms with Crippen LogP contribution < -0.4 is 0 Å². The van der Waals surface area contributed by atoms with Crippen LogP contribution >= 0.6 is 0 Å². The monoisotopic (exact) mass is 244 g/mol. The van der Waals surface area contributed by atoms with Gasteiger partial charge in [-0.05, 0) is 11.5 Å². The smallest absolute Gasteiger partial charge is 0.0761 e. The van der Waals surface area contributed by atoms with Crippen molar-refractivity contribution in [2.75, 3.05) is 0 Å². The molecule has 0 aliphatic heterocycles. The lowest BCUT2D eigenvalue weighted by Gasteiger charge is -2.16.